The lowest BCUT2D eigenvalue weighted by molar-refractivity contribution is 0.0537. The number of rotatable bonds is 5. The van der Waals surface area contributed by atoms with Gasteiger partial charge in [0.2, 0.25) is 0 Å². The molecule has 1 N–H and O–H groups in total. The first-order valence-corrected chi connectivity index (χ1v) is 8.83. The molecular formula is C18H24N4O4. The number of hydrogen-bond donors (Lipinski definition) is 1. The Labute approximate surface area is 152 Å². The fourth-order valence-corrected chi connectivity index (χ4v) is 3.38. The fourth-order valence-electron chi connectivity index (χ4n) is 3.38. The van der Waals surface area contributed by atoms with Crippen LogP contribution in [0.2, 0.25) is 0 Å². The van der Waals surface area contributed by atoms with Gasteiger partial charge in [-0.2, -0.15) is 0 Å². The number of carbonyl (C=O) groups excluding carboxylic acids is 2. The van der Waals surface area contributed by atoms with Crippen molar-refractivity contribution in [2.24, 2.45) is 5.41 Å². The highest BCUT2D eigenvalue weighted by atomic mass is 16.3. The number of aromatic nitrogens is 2. The Morgan fingerprint density at radius 2 is 2.00 bits per heavy atom. The van der Waals surface area contributed by atoms with E-state index in [0.717, 1.165) is 12.8 Å². The maximum Gasteiger partial charge on any atom is 0.276 e. The van der Waals surface area contributed by atoms with Crippen molar-refractivity contribution in [1.29, 1.82) is 0 Å². The van der Waals surface area contributed by atoms with Crippen LogP contribution >= 0.6 is 0 Å². The number of nitrogens with zero attached hydrogens (tertiary/aromatic N) is 3. The fraction of sp³-hybridized carbons (Fsp3) is 0.556. The predicted octanol–water partition coefficient (Wildman–Crippen LogP) is 2.21. The number of piperidine rings is 1. The maximum absolute atomic E-state index is 12.8. The summed E-state index contributed by atoms with van der Waals surface area (Å²) in [7, 11) is 0. The molecule has 8 heteroatoms. The van der Waals surface area contributed by atoms with E-state index in [1.807, 2.05) is 6.92 Å². The van der Waals surface area contributed by atoms with Crippen LogP contribution in [-0.4, -0.2) is 46.3 Å². The minimum Gasteiger partial charge on any atom is -0.448 e. The average Bonchev–Trinajstić information content (AvgIpc) is 3.27. The van der Waals surface area contributed by atoms with Crippen LogP contribution in [0.4, 0.5) is 0 Å². The molecule has 8 nitrogen and oxygen atoms in total. The van der Waals surface area contributed by atoms with Crippen LogP contribution in [-0.2, 0) is 6.42 Å². The Hall–Kier alpha value is -2.64. The van der Waals surface area contributed by atoms with Gasteiger partial charge in [0, 0.05) is 31.5 Å². The molecule has 0 saturated carbocycles. The normalized spacial score (nSPS) is 20.2. The van der Waals surface area contributed by atoms with E-state index in [4.69, 9.17) is 8.83 Å². The molecule has 0 aliphatic carbocycles. The first kappa shape index (κ1) is 18.2. The molecule has 1 aliphatic heterocycles. The average molecular weight is 360 g/mol. The van der Waals surface area contributed by atoms with E-state index < -0.39 is 0 Å². The summed E-state index contributed by atoms with van der Waals surface area (Å²) < 4.78 is 10.4. The zero-order chi connectivity index (χ0) is 18.7. The van der Waals surface area contributed by atoms with E-state index in [0.29, 0.717) is 49.0 Å². The third-order valence-corrected chi connectivity index (χ3v) is 4.87. The molecule has 0 spiro atoms. The second kappa shape index (κ2) is 7.31. The molecular weight excluding hydrogens is 336 g/mol. The topological polar surface area (TPSA) is 101 Å². The van der Waals surface area contributed by atoms with Crippen LogP contribution < -0.4 is 5.32 Å². The third-order valence-electron chi connectivity index (χ3n) is 4.87. The van der Waals surface area contributed by atoms with Gasteiger partial charge in [0.25, 0.3) is 11.8 Å². The van der Waals surface area contributed by atoms with Gasteiger partial charge in [0.1, 0.15) is 11.5 Å². The van der Waals surface area contributed by atoms with Gasteiger partial charge in [-0.15, -0.1) is 0 Å². The molecule has 0 bridgehead atoms. The minimum absolute atomic E-state index is 0.111. The van der Waals surface area contributed by atoms with Crippen LogP contribution in [0.1, 0.15) is 59.2 Å². The Balaban J connectivity index is 1.64. The predicted molar refractivity (Wildman–Crippen MR) is 92.7 cm³/mol. The van der Waals surface area contributed by atoms with Gasteiger partial charge < -0.3 is 19.1 Å². The van der Waals surface area contributed by atoms with Gasteiger partial charge in [-0.05, 0) is 19.8 Å². The van der Waals surface area contributed by atoms with Gasteiger partial charge in [-0.3, -0.25) is 9.59 Å². The molecule has 3 rings (SSSR count). The number of amides is 2. The van der Waals surface area contributed by atoms with Crippen molar-refractivity contribution in [1.82, 2.24) is 20.2 Å². The number of likely N-dealkylation sites (tertiary alicyclic amines) is 1. The molecule has 0 aromatic carbocycles. The van der Waals surface area contributed by atoms with Gasteiger partial charge in [0.15, 0.2) is 24.2 Å². The monoisotopic (exact) mass is 360 g/mol. The van der Waals surface area contributed by atoms with E-state index in [2.05, 4.69) is 22.2 Å². The quantitative estimate of drug-likeness (QED) is 0.877. The summed E-state index contributed by atoms with van der Waals surface area (Å²) in [6.45, 7) is 7.40. The second-order valence-electron chi connectivity index (χ2n) is 7.06. The first-order chi connectivity index (χ1) is 12.4. The van der Waals surface area contributed by atoms with E-state index >= 15 is 0 Å². The highest BCUT2D eigenvalue weighted by molar-refractivity contribution is 5.94. The molecule has 2 aromatic heterocycles. The van der Waals surface area contributed by atoms with Gasteiger partial charge >= 0.3 is 0 Å². The van der Waals surface area contributed by atoms with Crippen LogP contribution in [0.25, 0.3) is 0 Å². The zero-order valence-electron chi connectivity index (χ0n) is 15.4. The number of oxazole rings is 2. The molecule has 0 radical (unpaired) electrons. The first-order valence-electron chi connectivity index (χ1n) is 8.83. The van der Waals surface area contributed by atoms with E-state index in [1.165, 1.54) is 12.8 Å². The van der Waals surface area contributed by atoms with E-state index in [-0.39, 0.29) is 17.2 Å². The van der Waals surface area contributed by atoms with E-state index in [9.17, 15) is 9.59 Å². The number of nitrogens with one attached hydrogen (secondary N) is 1. The summed E-state index contributed by atoms with van der Waals surface area (Å²) in [6.07, 6.45) is 5.00. The lowest BCUT2D eigenvalue weighted by Crippen LogP contribution is -2.49. The second-order valence-corrected chi connectivity index (χ2v) is 7.06. The number of hydrogen-bond acceptors (Lipinski definition) is 6. The highest BCUT2D eigenvalue weighted by Gasteiger charge is 2.35. The third kappa shape index (κ3) is 3.63. The SMILES string of the molecule is CCc1ocnc1C(=O)N1CCCC(C)(CNC(=O)c2ncoc2C)C1. The Kier molecular flexibility index (Phi) is 5.11. The van der Waals surface area contributed by atoms with Gasteiger partial charge in [-0.1, -0.05) is 13.8 Å². The summed E-state index contributed by atoms with van der Waals surface area (Å²) in [6, 6.07) is 0. The lowest BCUT2D eigenvalue weighted by atomic mass is 9.81. The van der Waals surface area contributed by atoms with Crippen molar-refractivity contribution in [2.75, 3.05) is 19.6 Å². The van der Waals surface area contributed by atoms with Crippen LogP contribution in [0.3, 0.4) is 0 Å². The standard InChI is InChI=1S/C18H24N4O4/c1-4-13-15(21-11-26-13)17(24)22-7-5-6-18(3,9-22)8-19-16(23)14-12(2)25-10-20-14/h10-11H,4-9H2,1-3H3,(H,19,23). The molecule has 2 amide bonds. The number of aryl methyl sites for hydroxylation is 2. The van der Waals surface area contributed by atoms with Crippen molar-refractivity contribution >= 4 is 11.8 Å². The number of carbonyl (C=O) groups is 2. The molecule has 1 saturated heterocycles. The summed E-state index contributed by atoms with van der Waals surface area (Å²) in [5.41, 5.74) is 0.476. The molecule has 2 aromatic rings. The zero-order valence-corrected chi connectivity index (χ0v) is 15.4. The highest BCUT2D eigenvalue weighted by Crippen LogP contribution is 2.30. The molecule has 1 unspecified atom stereocenters. The smallest absolute Gasteiger partial charge is 0.276 e. The Morgan fingerprint density at radius 1 is 1.27 bits per heavy atom. The molecule has 26 heavy (non-hydrogen) atoms. The van der Waals surface area contributed by atoms with Crippen molar-refractivity contribution in [2.45, 2.75) is 40.0 Å². The largest absolute Gasteiger partial charge is 0.448 e. The molecule has 1 fully saturated rings. The maximum atomic E-state index is 12.8. The van der Waals surface area contributed by atoms with Gasteiger partial charge in [-0.25, -0.2) is 9.97 Å². The molecule has 140 valence electrons. The van der Waals surface area contributed by atoms with Crippen LogP contribution in [0, 0.1) is 12.3 Å². The van der Waals surface area contributed by atoms with Crippen LogP contribution in [0.15, 0.2) is 21.6 Å². The summed E-state index contributed by atoms with van der Waals surface area (Å²) in [5.74, 6) is 0.731. The van der Waals surface area contributed by atoms with E-state index in [1.54, 1.807) is 11.8 Å². The van der Waals surface area contributed by atoms with Crippen molar-refractivity contribution < 1.29 is 18.4 Å². The lowest BCUT2D eigenvalue weighted by Gasteiger charge is -2.40. The van der Waals surface area contributed by atoms with Crippen molar-refractivity contribution in [3.63, 3.8) is 0 Å². The van der Waals surface area contributed by atoms with Crippen molar-refractivity contribution in [3.8, 4) is 0 Å². The summed E-state index contributed by atoms with van der Waals surface area (Å²) >= 11 is 0. The minimum atomic E-state index is -0.259. The van der Waals surface area contributed by atoms with Crippen molar-refractivity contribution in [3.05, 3.63) is 35.7 Å². The van der Waals surface area contributed by atoms with Gasteiger partial charge in [0.05, 0.1) is 0 Å². The van der Waals surface area contributed by atoms with Crippen LogP contribution in [0.5, 0.6) is 0 Å². The molecule has 1 aliphatic rings. The summed E-state index contributed by atoms with van der Waals surface area (Å²) in [5, 5.41) is 2.92. The molecule has 1 atom stereocenters. The Morgan fingerprint density at radius 3 is 2.69 bits per heavy atom. The summed E-state index contributed by atoms with van der Waals surface area (Å²) in [4.78, 5) is 34.9. The Bertz CT molecular complexity index is 797. The molecule has 3 heterocycles.